The van der Waals surface area contributed by atoms with Crippen LogP contribution in [0.15, 0.2) is 28.8 Å². The van der Waals surface area contributed by atoms with Gasteiger partial charge in [-0.05, 0) is 49.8 Å². The first kappa shape index (κ1) is 17.9. The highest BCUT2D eigenvalue weighted by atomic mass is 19.4. The maximum absolute atomic E-state index is 13.1. The van der Waals surface area contributed by atoms with Gasteiger partial charge in [0.25, 0.3) is 0 Å². The second-order valence-electron chi connectivity index (χ2n) is 6.67. The number of benzene rings is 1. The predicted octanol–water partition coefficient (Wildman–Crippen LogP) is 4.24. The topological polar surface area (TPSA) is 42.2 Å². The summed E-state index contributed by atoms with van der Waals surface area (Å²) in [5.41, 5.74) is -0.120. The fraction of sp³-hybridized carbons (Fsp3) is 0.556. The van der Waals surface area contributed by atoms with Crippen molar-refractivity contribution < 1.29 is 17.7 Å². The van der Waals surface area contributed by atoms with E-state index in [1.807, 2.05) is 0 Å². The number of aromatic nitrogens is 2. The Morgan fingerprint density at radius 2 is 2.08 bits per heavy atom. The third-order valence-corrected chi connectivity index (χ3v) is 4.68. The average Bonchev–Trinajstić information content (AvgIpc) is 2.98. The van der Waals surface area contributed by atoms with Crippen LogP contribution in [0, 0.1) is 12.8 Å². The van der Waals surface area contributed by atoms with E-state index < -0.39 is 11.7 Å². The van der Waals surface area contributed by atoms with Crippen molar-refractivity contribution in [3.63, 3.8) is 0 Å². The van der Waals surface area contributed by atoms with E-state index in [1.54, 1.807) is 19.1 Å². The Balaban J connectivity index is 1.57. The first-order valence-electron chi connectivity index (χ1n) is 8.58. The highest BCUT2D eigenvalue weighted by Gasteiger charge is 2.33. The number of likely N-dealkylation sites (tertiary alicyclic amines) is 1. The Bertz CT molecular complexity index is 699. The molecule has 1 aliphatic heterocycles. The lowest BCUT2D eigenvalue weighted by Crippen LogP contribution is -2.35. The van der Waals surface area contributed by atoms with Gasteiger partial charge in [0.2, 0.25) is 5.89 Å². The van der Waals surface area contributed by atoms with Crippen molar-refractivity contribution in [1.82, 2.24) is 15.0 Å². The van der Waals surface area contributed by atoms with Gasteiger partial charge in [-0.1, -0.05) is 23.4 Å². The van der Waals surface area contributed by atoms with Gasteiger partial charge in [0.05, 0.1) is 12.1 Å². The molecule has 1 aromatic heterocycles. The molecule has 2 heterocycles. The first-order valence-corrected chi connectivity index (χ1v) is 8.58. The molecule has 2 aromatic rings. The van der Waals surface area contributed by atoms with Crippen LogP contribution in [0.5, 0.6) is 0 Å². The van der Waals surface area contributed by atoms with Crippen molar-refractivity contribution in [2.24, 2.45) is 5.92 Å². The summed E-state index contributed by atoms with van der Waals surface area (Å²) in [6.45, 7) is 4.21. The second kappa shape index (κ2) is 7.56. The minimum absolute atomic E-state index is 0.390. The minimum Gasteiger partial charge on any atom is -0.340 e. The summed E-state index contributed by atoms with van der Waals surface area (Å²) in [6.07, 6.45) is -0.978. The van der Waals surface area contributed by atoms with Crippen molar-refractivity contribution in [3.05, 3.63) is 47.1 Å². The first-order chi connectivity index (χ1) is 11.9. The number of aryl methyl sites for hydroxylation is 2. The lowest BCUT2D eigenvalue weighted by Gasteiger charge is -2.32. The zero-order valence-electron chi connectivity index (χ0n) is 14.2. The molecule has 1 saturated heterocycles. The standard InChI is InChI=1S/C18H22F3N3O/c1-13-22-17(23-25-13)12-24-10-4-5-14(11-24)8-9-15-6-2-3-7-16(15)18(19,20)21/h2-3,6-7,14H,4-5,8-12H2,1H3/t14-/m0/s1. The Morgan fingerprint density at radius 1 is 1.28 bits per heavy atom. The minimum atomic E-state index is -4.29. The van der Waals surface area contributed by atoms with Crippen LogP contribution < -0.4 is 0 Å². The van der Waals surface area contributed by atoms with Gasteiger partial charge in [0.1, 0.15) is 0 Å². The molecule has 136 valence electrons. The SMILES string of the molecule is Cc1nc(CN2CCC[C@@H](CCc3ccccc3C(F)(F)F)C2)no1. The number of piperidine rings is 1. The number of hydrogen-bond donors (Lipinski definition) is 0. The quantitative estimate of drug-likeness (QED) is 0.806. The van der Waals surface area contributed by atoms with Crippen LogP contribution in [0.3, 0.4) is 0 Å². The molecule has 7 heteroatoms. The molecule has 0 amide bonds. The number of rotatable bonds is 5. The summed E-state index contributed by atoms with van der Waals surface area (Å²) < 4.78 is 44.3. The van der Waals surface area contributed by atoms with Gasteiger partial charge >= 0.3 is 6.18 Å². The molecule has 25 heavy (non-hydrogen) atoms. The van der Waals surface area contributed by atoms with Crippen molar-refractivity contribution >= 4 is 0 Å². The smallest absolute Gasteiger partial charge is 0.340 e. The van der Waals surface area contributed by atoms with Gasteiger partial charge in [-0.15, -0.1) is 0 Å². The van der Waals surface area contributed by atoms with Gasteiger partial charge in [-0.25, -0.2) is 0 Å². The maximum Gasteiger partial charge on any atom is 0.416 e. The van der Waals surface area contributed by atoms with Crippen LogP contribution in [0.2, 0.25) is 0 Å². The molecular formula is C18H22F3N3O. The molecule has 1 aliphatic rings. The zero-order valence-corrected chi connectivity index (χ0v) is 14.2. The molecule has 0 aliphatic carbocycles. The van der Waals surface area contributed by atoms with E-state index in [4.69, 9.17) is 4.52 Å². The van der Waals surface area contributed by atoms with E-state index in [0.717, 1.165) is 32.4 Å². The lowest BCUT2D eigenvalue weighted by molar-refractivity contribution is -0.138. The summed E-state index contributed by atoms with van der Waals surface area (Å²) in [5, 5.41) is 3.91. The molecule has 0 saturated carbocycles. The Kier molecular flexibility index (Phi) is 5.42. The van der Waals surface area contributed by atoms with Gasteiger partial charge in [0, 0.05) is 13.5 Å². The molecule has 0 bridgehead atoms. The van der Waals surface area contributed by atoms with Crippen molar-refractivity contribution in [3.8, 4) is 0 Å². The number of halogens is 3. The zero-order chi connectivity index (χ0) is 17.9. The van der Waals surface area contributed by atoms with E-state index >= 15 is 0 Å². The maximum atomic E-state index is 13.1. The third-order valence-electron chi connectivity index (χ3n) is 4.68. The largest absolute Gasteiger partial charge is 0.416 e. The molecule has 0 spiro atoms. The number of nitrogens with zero attached hydrogens (tertiary/aromatic N) is 3. The highest BCUT2D eigenvalue weighted by Crippen LogP contribution is 2.33. The molecule has 0 radical (unpaired) electrons. The van der Waals surface area contributed by atoms with E-state index in [2.05, 4.69) is 15.0 Å². The van der Waals surface area contributed by atoms with Crippen molar-refractivity contribution in [1.29, 1.82) is 0 Å². The fourth-order valence-electron chi connectivity index (χ4n) is 3.51. The summed E-state index contributed by atoms with van der Waals surface area (Å²) >= 11 is 0. The van der Waals surface area contributed by atoms with Crippen LogP contribution in [-0.4, -0.2) is 28.1 Å². The third kappa shape index (κ3) is 4.81. The van der Waals surface area contributed by atoms with Crippen LogP contribution in [0.25, 0.3) is 0 Å². The van der Waals surface area contributed by atoms with Crippen LogP contribution in [0.1, 0.15) is 42.1 Å². The molecule has 0 N–H and O–H groups in total. The van der Waals surface area contributed by atoms with E-state index in [0.29, 0.717) is 36.2 Å². The highest BCUT2D eigenvalue weighted by molar-refractivity contribution is 5.29. The lowest BCUT2D eigenvalue weighted by atomic mass is 9.90. The van der Waals surface area contributed by atoms with Crippen LogP contribution in [0.4, 0.5) is 13.2 Å². The van der Waals surface area contributed by atoms with Crippen LogP contribution in [-0.2, 0) is 19.1 Å². The summed E-state index contributed by atoms with van der Waals surface area (Å²) in [5.74, 6) is 1.61. The summed E-state index contributed by atoms with van der Waals surface area (Å²) in [6, 6.07) is 5.88. The van der Waals surface area contributed by atoms with E-state index in [1.165, 1.54) is 12.1 Å². The average molecular weight is 353 g/mol. The molecular weight excluding hydrogens is 331 g/mol. The van der Waals surface area contributed by atoms with Crippen molar-refractivity contribution in [2.45, 2.75) is 45.3 Å². The Morgan fingerprint density at radius 3 is 2.80 bits per heavy atom. The number of hydrogen-bond acceptors (Lipinski definition) is 4. The van der Waals surface area contributed by atoms with Crippen molar-refractivity contribution in [2.75, 3.05) is 13.1 Å². The molecule has 4 nitrogen and oxygen atoms in total. The molecule has 1 atom stereocenters. The Hall–Kier alpha value is -1.89. The van der Waals surface area contributed by atoms with Gasteiger partial charge in [-0.2, -0.15) is 18.2 Å². The van der Waals surface area contributed by atoms with E-state index in [9.17, 15) is 13.2 Å². The van der Waals surface area contributed by atoms with Gasteiger partial charge in [0.15, 0.2) is 5.82 Å². The van der Waals surface area contributed by atoms with Crippen LogP contribution >= 0.6 is 0 Å². The van der Waals surface area contributed by atoms with Gasteiger partial charge < -0.3 is 4.52 Å². The summed E-state index contributed by atoms with van der Waals surface area (Å²) in [4.78, 5) is 6.48. The van der Waals surface area contributed by atoms with Gasteiger partial charge in [-0.3, -0.25) is 4.90 Å². The Labute approximate surface area is 145 Å². The molecule has 1 fully saturated rings. The molecule has 0 unspecified atom stereocenters. The fourth-order valence-corrected chi connectivity index (χ4v) is 3.51. The predicted molar refractivity (Wildman–Crippen MR) is 86.8 cm³/mol. The van der Waals surface area contributed by atoms with E-state index in [-0.39, 0.29) is 0 Å². The normalized spacial score (nSPS) is 19.3. The molecule has 1 aromatic carbocycles. The molecule has 3 rings (SSSR count). The number of alkyl halides is 3. The summed E-state index contributed by atoms with van der Waals surface area (Å²) in [7, 11) is 0. The second-order valence-corrected chi connectivity index (χ2v) is 6.67. The monoisotopic (exact) mass is 353 g/mol.